The Morgan fingerprint density at radius 1 is 1.06 bits per heavy atom. The first kappa shape index (κ1) is 22.6. The highest BCUT2D eigenvalue weighted by atomic mass is 35.5. The van der Waals surface area contributed by atoms with Gasteiger partial charge in [0.05, 0.1) is 11.2 Å². The van der Waals surface area contributed by atoms with Crippen molar-refractivity contribution in [1.82, 2.24) is 4.57 Å². The average Bonchev–Trinajstić information content (AvgIpc) is 2.72. The maximum absolute atomic E-state index is 13.5. The third-order valence-electron chi connectivity index (χ3n) is 4.62. The summed E-state index contributed by atoms with van der Waals surface area (Å²) in [5.74, 6) is -2.38. The van der Waals surface area contributed by atoms with Crippen molar-refractivity contribution in [3.8, 4) is 5.75 Å². The van der Waals surface area contributed by atoms with Crippen molar-refractivity contribution in [2.24, 2.45) is 7.05 Å². The zero-order valence-electron chi connectivity index (χ0n) is 17.3. The largest absolute Gasteiger partial charge is 0.425 e. The van der Waals surface area contributed by atoms with Crippen LogP contribution in [0.3, 0.4) is 0 Å². The molecular weight excluding hydrogens is 440 g/mol. The number of ether oxygens (including phenoxy) is 1. The molecule has 0 radical (unpaired) electrons. The summed E-state index contributed by atoms with van der Waals surface area (Å²) in [5.41, 5.74) is -0.383. The number of carbonyl (C=O) groups excluding carboxylic acids is 3. The van der Waals surface area contributed by atoms with Crippen LogP contribution in [0.25, 0.3) is 10.9 Å². The van der Waals surface area contributed by atoms with E-state index >= 15 is 0 Å². The van der Waals surface area contributed by atoms with Crippen molar-refractivity contribution in [2.45, 2.75) is 18.7 Å². The van der Waals surface area contributed by atoms with E-state index in [0.717, 1.165) is 9.80 Å². The van der Waals surface area contributed by atoms with Gasteiger partial charge >= 0.3 is 5.97 Å². The number of amides is 2. The summed E-state index contributed by atoms with van der Waals surface area (Å²) in [7, 11) is 1.51. The summed E-state index contributed by atoms with van der Waals surface area (Å²) >= 11 is 7.37. The van der Waals surface area contributed by atoms with Gasteiger partial charge in [-0.2, -0.15) is 0 Å². The number of aromatic nitrogens is 1. The summed E-state index contributed by atoms with van der Waals surface area (Å²) < 4.78 is 6.65. The number of aryl methyl sites for hydroxylation is 1. The second-order valence-electron chi connectivity index (χ2n) is 6.68. The predicted molar refractivity (Wildman–Crippen MR) is 121 cm³/mol. The molecule has 3 rings (SSSR count). The Kier molecular flexibility index (Phi) is 6.52. The minimum atomic E-state index is -0.900. The number of fused-ring (bicyclic) bond motifs is 1. The first-order valence-electron chi connectivity index (χ1n) is 9.15. The number of anilines is 1. The van der Waals surface area contributed by atoms with Gasteiger partial charge in [-0.15, -0.1) is 11.8 Å². The van der Waals surface area contributed by atoms with Gasteiger partial charge < -0.3 is 9.30 Å². The number of rotatable bonds is 4. The van der Waals surface area contributed by atoms with Crippen LogP contribution in [-0.2, 0) is 16.6 Å². The van der Waals surface area contributed by atoms with Gasteiger partial charge in [-0.05, 0) is 48.7 Å². The molecule has 0 saturated heterocycles. The van der Waals surface area contributed by atoms with Gasteiger partial charge in [0, 0.05) is 36.2 Å². The van der Waals surface area contributed by atoms with Crippen LogP contribution in [0.1, 0.15) is 24.2 Å². The smallest absolute Gasteiger partial charge is 0.308 e. The Labute approximate surface area is 187 Å². The molecule has 0 spiro atoms. The molecule has 160 valence electrons. The fraction of sp³-hybridized carbons (Fsp3) is 0.182. The first-order chi connectivity index (χ1) is 14.6. The maximum atomic E-state index is 13.5. The standard InChI is InChI=1S/C22H19ClN2O5S/c1-12(26)25(15-7-5-14(23)6-8-15)22(29)19-20(30-13(2)27)17-11-16(31-4)9-10-18(17)24(3)21(19)28/h5-11H,1-4H3. The molecule has 2 aromatic carbocycles. The summed E-state index contributed by atoms with van der Waals surface area (Å²) in [6.07, 6.45) is 1.87. The minimum absolute atomic E-state index is 0.174. The highest BCUT2D eigenvalue weighted by molar-refractivity contribution is 7.98. The Balaban J connectivity index is 2.35. The Morgan fingerprint density at radius 2 is 1.71 bits per heavy atom. The lowest BCUT2D eigenvalue weighted by atomic mass is 10.1. The molecule has 0 aliphatic heterocycles. The van der Waals surface area contributed by atoms with E-state index in [0.29, 0.717) is 15.9 Å². The third-order valence-corrected chi connectivity index (χ3v) is 5.60. The number of pyridine rings is 1. The molecule has 0 aliphatic carbocycles. The molecule has 0 fully saturated rings. The number of imide groups is 1. The van der Waals surface area contributed by atoms with Gasteiger partial charge in [0.15, 0.2) is 5.75 Å². The highest BCUT2D eigenvalue weighted by Gasteiger charge is 2.31. The van der Waals surface area contributed by atoms with Gasteiger partial charge in [-0.1, -0.05) is 11.6 Å². The molecule has 0 atom stereocenters. The maximum Gasteiger partial charge on any atom is 0.308 e. The highest BCUT2D eigenvalue weighted by Crippen LogP contribution is 2.32. The van der Waals surface area contributed by atoms with E-state index < -0.39 is 28.9 Å². The number of hydrogen-bond donors (Lipinski definition) is 0. The average molecular weight is 459 g/mol. The molecule has 0 N–H and O–H groups in total. The summed E-state index contributed by atoms with van der Waals surface area (Å²) in [6, 6.07) is 11.3. The number of nitrogens with zero attached hydrogens (tertiary/aromatic N) is 2. The molecule has 0 saturated carbocycles. The van der Waals surface area contributed by atoms with E-state index in [2.05, 4.69) is 0 Å². The molecule has 9 heteroatoms. The lowest BCUT2D eigenvalue weighted by molar-refractivity contribution is -0.131. The van der Waals surface area contributed by atoms with Crippen LogP contribution in [0.5, 0.6) is 5.75 Å². The van der Waals surface area contributed by atoms with Crippen LogP contribution in [0.15, 0.2) is 52.2 Å². The van der Waals surface area contributed by atoms with E-state index in [1.165, 1.54) is 61.5 Å². The Morgan fingerprint density at radius 3 is 2.26 bits per heavy atom. The Hall–Kier alpha value is -3.10. The molecule has 3 aromatic rings. The van der Waals surface area contributed by atoms with Gasteiger partial charge in [0.1, 0.15) is 5.56 Å². The second-order valence-corrected chi connectivity index (χ2v) is 8.00. The minimum Gasteiger partial charge on any atom is -0.425 e. The van der Waals surface area contributed by atoms with Gasteiger partial charge in [-0.25, -0.2) is 4.90 Å². The number of benzene rings is 2. The van der Waals surface area contributed by atoms with Crippen LogP contribution in [-0.4, -0.2) is 28.6 Å². The number of halogens is 1. The molecule has 1 aromatic heterocycles. The quantitative estimate of drug-likeness (QED) is 0.433. The van der Waals surface area contributed by atoms with Crippen LogP contribution < -0.4 is 15.2 Å². The molecule has 0 bridgehead atoms. The zero-order chi connectivity index (χ0) is 22.9. The van der Waals surface area contributed by atoms with Crippen molar-refractivity contribution >= 4 is 57.7 Å². The zero-order valence-corrected chi connectivity index (χ0v) is 18.8. The lowest BCUT2D eigenvalue weighted by Gasteiger charge is -2.22. The van der Waals surface area contributed by atoms with E-state index in [1.807, 2.05) is 12.3 Å². The molecule has 0 aliphatic rings. The van der Waals surface area contributed by atoms with E-state index in [-0.39, 0.29) is 11.4 Å². The van der Waals surface area contributed by atoms with Crippen LogP contribution in [0.2, 0.25) is 5.02 Å². The van der Waals surface area contributed by atoms with Crippen LogP contribution in [0, 0.1) is 0 Å². The van der Waals surface area contributed by atoms with E-state index in [1.54, 1.807) is 12.1 Å². The fourth-order valence-electron chi connectivity index (χ4n) is 3.21. The predicted octanol–water partition coefficient (Wildman–Crippen LogP) is 4.03. The first-order valence-corrected chi connectivity index (χ1v) is 10.8. The molecular formula is C22H19ClN2O5S. The van der Waals surface area contributed by atoms with E-state index in [4.69, 9.17) is 16.3 Å². The monoisotopic (exact) mass is 458 g/mol. The summed E-state index contributed by atoms with van der Waals surface area (Å²) in [5, 5.41) is 0.832. The SMILES string of the molecule is CSc1ccc2c(c1)c(OC(C)=O)c(C(=O)N(C(C)=O)c1ccc(Cl)cc1)c(=O)n2C. The molecule has 0 unspecified atom stereocenters. The third kappa shape index (κ3) is 4.35. The molecule has 1 heterocycles. The normalized spacial score (nSPS) is 10.7. The fourth-order valence-corrected chi connectivity index (χ4v) is 3.77. The summed E-state index contributed by atoms with van der Waals surface area (Å²) in [4.78, 5) is 52.6. The molecule has 2 amide bonds. The van der Waals surface area contributed by atoms with Crippen molar-refractivity contribution in [3.05, 3.63) is 63.4 Å². The van der Waals surface area contributed by atoms with Gasteiger partial charge in [0.25, 0.3) is 11.5 Å². The lowest BCUT2D eigenvalue weighted by Crippen LogP contribution is -2.40. The number of esters is 1. The van der Waals surface area contributed by atoms with Crippen molar-refractivity contribution < 1.29 is 19.1 Å². The van der Waals surface area contributed by atoms with Crippen LogP contribution >= 0.6 is 23.4 Å². The summed E-state index contributed by atoms with van der Waals surface area (Å²) in [6.45, 7) is 2.38. The number of hydrogen-bond acceptors (Lipinski definition) is 6. The topological polar surface area (TPSA) is 85.7 Å². The number of thioether (sulfide) groups is 1. The van der Waals surface area contributed by atoms with Gasteiger partial charge in [-0.3, -0.25) is 19.2 Å². The van der Waals surface area contributed by atoms with Crippen molar-refractivity contribution in [2.75, 3.05) is 11.2 Å². The second kappa shape index (κ2) is 8.95. The molecule has 31 heavy (non-hydrogen) atoms. The van der Waals surface area contributed by atoms with Crippen molar-refractivity contribution in [3.63, 3.8) is 0 Å². The molecule has 7 nitrogen and oxygen atoms in total. The number of carbonyl (C=O) groups is 3. The van der Waals surface area contributed by atoms with Gasteiger partial charge in [0.2, 0.25) is 5.91 Å². The van der Waals surface area contributed by atoms with E-state index in [9.17, 15) is 19.2 Å². The Bertz CT molecular complexity index is 1270. The van der Waals surface area contributed by atoms with Crippen LogP contribution in [0.4, 0.5) is 5.69 Å². The van der Waals surface area contributed by atoms with Crippen molar-refractivity contribution in [1.29, 1.82) is 0 Å².